The van der Waals surface area contributed by atoms with Gasteiger partial charge in [-0.15, -0.1) is 0 Å². The van der Waals surface area contributed by atoms with E-state index in [1.165, 1.54) is 11.8 Å². The van der Waals surface area contributed by atoms with Gasteiger partial charge in [0.2, 0.25) is 5.91 Å². The van der Waals surface area contributed by atoms with Gasteiger partial charge in [-0.25, -0.2) is 12.8 Å². The van der Waals surface area contributed by atoms with Gasteiger partial charge in [-0.05, 0) is 44.0 Å². The Morgan fingerprint density at radius 3 is 2.48 bits per heavy atom. The molecule has 0 radical (unpaired) electrons. The molecular weight excluding hydrogens is 325 g/mol. The lowest BCUT2D eigenvalue weighted by atomic mass is 9.98. The van der Waals surface area contributed by atoms with Gasteiger partial charge in [0, 0.05) is 13.1 Å². The Hall–Kier alpha value is -1.96. The van der Waals surface area contributed by atoms with E-state index in [-0.39, 0.29) is 11.4 Å². The highest BCUT2D eigenvalue weighted by Gasteiger charge is 2.36. The maximum atomic E-state index is 12.9. The van der Waals surface area contributed by atoms with Crippen molar-refractivity contribution in [1.29, 1.82) is 0 Å². The van der Waals surface area contributed by atoms with Crippen LogP contribution in [0.5, 0.6) is 0 Å². The molecule has 2 rings (SSSR count). The molecule has 23 heavy (non-hydrogen) atoms. The SMILES string of the molecule is CC(C(=O)N1CCCC(C(=O)O)C1)S(=O)(=O)c1ccc(F)cc1. The second-order valence-corrected chi connectivity index (χ2v) is 7.87. The van der Waals surface area contributed by atoms with Crippen LogP contribution in [-0.4, -0.2) is 48.6 Å². The van der Waals surface area contributed by atoms with Crippen LogP contribution in [0.15, 0.2) is 29.2 Å². The van der Waals surface area contributed by atoms with E-state index in [2.05, 4.69) is 0 Å². The Kier molecular flexibility index (Phi) is 5.03. The Morgan fingerprint density at radius 2 is 1.91 bits per heavy atom. The molecular formula is C15H18FNO5S. The van der Waals surface area contributed by atoms with Crippen LogP contribution in [0, 0.1) is 11.7 Å². The summed E-state index contributed by atoms with van der Waals surface area (Å²) < 4.78 is 37.8. The zero-order chi connectivity index (χ0) is 17.2. The summed E-state index contributed by atoms with van der Waals surface area (Å²) in [6.07, 6.45) is 0.990. The fourth-order valence-corrected chi connectivity index (χ4v) is 3.94. The van der Waals surface area contributed by atoms with Gasteiger partial charge in [-0.1, -0.05) is 0 Å². The van der Waals surface area contributed by atoms with Crippen molar-refractivity contribution >= 4 is 21.7 Å². The zero-order valence-corrected chi connectivity index (χ0v) is 13.4. The number of rotatable bonds is 4. The monoisotopic (exact) mass is 343 g/mol. The van der Waals surface area contributed by atoms with Crippen molar-refractivity contribution in [2.45, 2.75) is 29.9 Å². The predicted molar refractivity (Wildman–Crippen MR) is 80.0 cm³/mol. The number of nitrogens with zero attached hydrogens (tertiary/aromatic N) is 1. The highest BCUT2D eigenvalue weighted by atomic mass is 32.2. The average Bonchev–Trinajstić information content (AvgIpc) is 2.54. The third-order valence-electron chi connectivity index (χ3n) is 4.04. The van der Waals surface area contributed by atoms with Gasteiger partial charge in [0.25, 0.3) is 0 Å². The Labute approximate surface area is 133 Å². The van der Waals surface area contributed by atoms with Crippen LogP contribution in [0.4, 0.5) is 4.39 Å². The number of carbonyl (C=O) groups is 2. The summed E-state index contributed by atoms with van der Waals surface area (Å²) in [5, 5.41) is 7.70. The number of carboxylic acid groups (broad SMARTS) is 1. The number of sulfone groups is 1. The quantitative estimate of drug-likeness (QED) is 0.832. The van der Waals surface area contributed by atoms with E-state index in [0.29, 0.717) is 19.4 Å². The summed E-state index contributed by atoms with van der Waals surface area (Å²) in [5.41, 5.74) is 0. The fourth-order valence-electron chi connectivity index (χ4n) is 2.60. The van der Waals surface area contributed by atoms with E-state index in [1.807, 2.05) is 0 Å². The van der Waals surface area contributed by atoms with E-state index in [9.17, 15) is 22.4 Å². The summed E-state index contributed by atoms with van der Waals surface area (Å²) >= 11 is 0. The van der Waals surface area contributed by atoms with Crippen molar-refractivity contribution in [2.75, 3.05) is 13.1 Å². The number of benzene rings is 1. The van der Waals surface area contributed by atoms with E-state index in [0.717, 1.165) is 24.3 Å². The minimum Gasteiger partial charge on any atom is -0.481 e. The van der Waals surface area contributed by atoms with Gasteiger partial charge >= 0.3 is 5.97 Å². The van der Waals surface area contributed by atoms with Gasteiger partial charge in [-0.2, -0.15) is 0 Å². The minimum absolute atomic E-state index is 0.0114. The van der Waals surface area contributed by atoms with Crippen LogP contribution in [0.25, 0.3) is 0 Å². The molecule has 1 amide bonds. The van der Waals surface area contributed by atoms with Crippen molar-refractivity contribution in [1.82, 2.24) is 4.90 Å². The Bertz CT molecular complexity index is 701. The number of hydrogen-bond donors (Lipinski definition) is 1. The van der Waals surface area contributed by atoms with Gasteiger partial charge in [0.05, 0.1) is 10.8 Å². The summed E-state index contributed by atoms with van der Waals surface area (Å²) in [6.45, 7) is 1.62. The van der Waals surface area contributed by atoms with E-state index in [4.69, 9.17) is 5.11 Å². The topological polar surface area (TPSA) is 91.8 Å². The van der Waals surface area contributed by atoms with Crippen LogP contribution < -0.4 is 0 Å². The molecule has 1 aromatic rings. The maximum absolute atomic E-state index is 12.9. The maximum Gasteiger partial charge on any atom is 0.308 e. The molecule has 8 heteroatoms. The van der Waals surface area contributed by atoms with Gasteiger partial charge in [-0.3, -0.25) is 9.59 Å². The molecule has 1 heterocycles. The molecule has 1 aliphatic heterocycles. The van der Waals surface area contributed by atoms with Crippen LogP contribution in [-0.2, 0) is 19.4 Å². The van der Waals surface area contributed by atoms with Gasteiger partial charge < -0.3 is 10.0 Å². The smallest absolute Gasteiger partial charge is 0.308 e. The van der Waals surface area contributed by atoms with Crippen molar-refractivity contribution in [3.8, 4) is 0 Å². The lowest BCUT2D eigenvalue weighted by Crippen LogP contribution is -2.47. The van der Waals surface area contributed by atoms with Gasteiger partial charge in [0.15, 0.2) is 9.84 Å². The molecule has 1 aromatic carbocycles. The summed E-state index contributed by atoms with van der Waals surface area (Å²) in [6, 6.07) is 4.27. The number of likely N-dealkylation sites (tertiary alicyclic amines) is 1. The molecule has 1 fully saturated rings. The average molecular weight is 343 g/mol. The number of amides is 1. The highest BCUT2D eigenvalue weighted by Crippen LogP contribution is 2.22. The number of piperidine rings is 1. The second kappa shape index (κ2) is 6.66. The summed E-state index contributed by atoms with van der Waals surface area (Å²) in [5.74, 6) is -2.85. The summed E-state index contributed by atoms with van der Waals surface area (Å²) in [7, 11) is -3.95. The van der Waals surface area contributed by atoms with E-state index >= 15 is 0 Å². The summed E-state index contributed by atoms with van der Waals surface area (Å²) in [4.78, 5) is 24.6. The molecule has 0 aromatic heterocycles. The number of aliphatic carboxylic acids is 1. The minimum atomic E-state index is -3.95. The third kappa shape index (κ3) is 3.69. The molecule has 0 bridgehead atoms. The van der Waals surface area contributed by atoms with Crippen LogP contribution in [0.1, 0.15) is 19.8 Å². The van der Waals surface area contributed by atoms with Crippen molar-refractivity contribution in [2.24, 2.45) is 5.92 Å². The number of carboxylic acids is 1. The van der Waals surface area contributed by atoms with E-state index in [1.54, 1.807) is 0 Å². The molecule has 0 aliphatic carbocycles. The molecule has 6 nitrogen and oxygen atoms in total. The normalized spacial score (nSPS) is 20.1. The first kappa shape index (κ1) is 17.4. The third-order valence-corrected chi connectivity index (χ3v) is 6.10. The van der Waals surface area contributed by atoms with Crippen molar-refractivity contribution in [3.05, 3.63) is 30.1 Å². The zero-order valence-electron chi connectivity index (χ0n) is 12.6. The predicted octanol–water partition coefficient (Wildman–Crippen LogP) is 1.31. The first-order valence-corrected chi connectivity index (χ1v) is 8.79. The van der Waals surface area contributed by atoms with Crippen LogP contribution >= 0.6 is 0 Å². The Balaban J connectivity index is 2.18. The molecule has 1 aliphatic rings. The van der Waals surface area contributed by atoms with Crippen LogP contribution in [0.3, 0.4) is 0 Å². The molecule has 126 valence electrons. The lowest BCUT2D eigenvalue weighted by Gasteiger charge is -2.32. The molecule has 2 atom stereocenters. The van der Waals surface area contributed by atoms with Crippen molar-refractivity contribution in [3.63, 3.8) is 0 Å². The van der Waals surface area contributed by atoms with Crippen LogP contribution in [0.2, 0.25) is 0 Å². The molecule has 1 saturated heterocycles. The molecule has 1 N–H and O–H groups in total. The van der Waals surface area contributed by atoms with Crippen molar-refractivity contribution < 1.29 is 27.5 Å². The number of halogens is 1. The van der Waals surface area contributed by atoms with E-state index < -0.39 is 38.7 Å². The fraction of sp³-hybridized carbons (Fsp3) is 0.467. The van der Waals surface area contributed by atoms with Gasteiger partial charge in [0.1, 0.15) is 11.1 Å². The molecule has 0 spiro atoms. The highest BCUT2D eigenvalue weighted by molar-refractivity contribution is 7.92. The second-order valence-electron chi connectivity index (χ2n) is 5.60. The molecule has 2 unspecified atom stereocenters. The lowest BCUT2D eigenvalue weighted by molar-refractivity contribution is -0.145. The number of carbonyl (C=O) groups excluding carboxylic acids is 1. The standard InChI is InChI=1S/C15H18FNO5S/c1-10(23(21,22)13-6-4-12(16)5-7-13)14(18)17-8-2-3-11(9-17)15(19)20/h4-7,10-11H,2-3,8-9H2,1H3,(H,19,20). The molecule has 0 saturated carbocycles. The largest absolute Gasteiger partial charge is 0.481 e. The Morgan fingerprint density at radius 1 is 1.30 bits per heavy atom. The first-order valence-electron chi connectivity index (χ1n) is 7.24. The first-order chi connectivity index (χ1) is 10.7. The number of hydrogen-bond acceptors (Lipinski definition) is 4.